The van der Waals surface area contributed by atoms with E-state index in [2.05, 4.69) is 26.9 Å². The Morgan fingerprint density at radius 3 is 1.56 bits per heavy atom. The predicted octanol–water partition coefficient (Wildman–Crippen LogP) is 2.50. The highest BCUT2D eigenvalue weighted by molar-refractivity contribution is 8.16. The van der Waals surface area contributed by atoms with Crippen molar-refractivity contribution in [3.8, 4) is 0 Å². The van der Waals surface area contributed by atoms with Gasteiger partial charge in [-0.25, -0.2) is 19.9 Å². The molecule has 0 unspecified atom stereocenters. The molecule has 0 atom stereocenters. The van der Waals surface area contributed by atoms with Crippen molar-refractivity contribution >= 4 is 23.5 Å². The molecule has 0 aliphatic rings. The average Bonchev–Trinajstić information content (AvgIpc) is 2.31. The number of thioether (sulfide) groups is 2. The average molecular weight is 250 g/mol. The topological polar surface area (TPSA) is 51.6 Å². The zero-order valence-electron chi connectivity index (χ0n) is 8.65. The molecule has 4 nitrogen and oxygen atoms in total. The van der Waals surface area contributed by atoms with E-state index in [0.29, 0.717) is 0 Å². The van der Waals surface area contributed by atoms with Crippen molar-refractivity contribution in [1.29, 1.82) is 0 Å². The summed E-state index contributed by atoms with van der Waals surface area (Å²) in [6, 6.07) is 3.62. The molecule has 0 radical (unpaired) electrons. The quantitative estimate of drug-likeness (QED) is 0.472. The van der Waals surface area contributed by atoms with Gasteiger partial charge in [-0.3, -0.25) is 0 Å². The second-order valence-corrected chi connectivity index (χ2v) is 5.78. The van der Waals surface area contributed by atoms with Crippen LogP contribution in [0.3, 0.4) is 0 Å². The van der Waals surface area contributed by atoms with E-state index in [4.69, 9.17) is 0 Å². The van der Waals surface area contributed by atoms with Gasteiger partial charge in [0.15, 0.2) is 10.3 Å². The first kappa shape index (κ1) is 11.3. The normalized spacial score (nSPS) is 10.6. The third-order valence-electron chi connectivity index (χ3n) is 1.63. The van der Waals surface area contributed by atoms with Gasteiger partial charge in [0.05, 0.1) is 4.58 Å². The molecule has 0 aromatic carbocycles. The number of hydrogen-bond acceptors (Lipinski definition) is 6. The van der Waals surface area contributed by atoms with Crippen LogP contribution in [-0.2, 0) is 0 Å². The zero-order valence-corrected chi connectivity index (χ0v) is 10.3. The minimum Gasteiger partial charge on any atom is -0.231 e. The first-order chi connectivity index (χ1) is 7.84. The van der Waals surface area contributed by atoms with Gasteiger partial charge in [-0.2, -0.15) is 0 Å². The van der Waals surface area contributed by atoms with Crippen molar-refractivity contribution in [2.75, 3.05) is 0 Å². The van der Waals surface area contributed by atoms with E-state index in [-0.39, 0.29) is 4.58 Å². The van der Waals surface area contributed by atoms with Gasteiger partial charge in [0, 0.05) is 24.8 Å². The molecular formula is C10H10N4S2. The van der Waals surface area contributed by atoms with Crippen LogP contribution in [0, 0.1) is 0 Å². The van der Waals surface area contributed by atoms with Gasteiger partial charge < -0.3 is 0 Å². The first-order valence-corrected chi connectivity index (χ1v) is 6.48. The van der Waals surface area contributed by atoms with Crippen molar-refractivity contribution in [2.45, 2.75) is 21.8 Å². The molecule has 82 valence electrons. The Balaban J connectivity index is 1.92. The lowest BCUT2D eigenvalue weighted by molar-refractivity contribution is 0.958. The number of aromatic nitrogens is 4. The Bertz CT molecular complexity index is 382. The van der Waals surface area contributed by atoms with E-state index in [9.17, 15) is 0 Å². The van der Waals surface area contributed by atoms with E-state index in [1.807, 2.05) is 12.1 Å². The standard InChI is InChI=1S/C10H10N4S2/c1-8(15-9-11-4-2-5-12-9)16-10-13-6-3-7-14-10/h2-8H,1H3. The van der Waals surface area contributed by atoms with Crippen LogP contribution >= 0.6 is 23.5 Å². The Kier molecular flexibility index (Phi) is 4.12. The molecule has 0 bridgehead atoms. The Morgan fingerprint density at radius 1 is 0.812 bits per heavy atom. The molecule has 2 rings (SSSR count). The maximum atomic E-state index is 4.16. The largest absolute Gasteiger partial charge is 0.231 e. The minimum absolute atomic E-state index is 0.282. The molecule has 0 aliphatic heterocycles. The van der Waals surface area contributed by atoms with Crippen molar-refractivity contribution in [1.82, 2.24) is 19.9 Å². The molecule has 2 heterocycles. The Morgan fingerprint density at radius 2 is 1.19 bits per heavy atom. The van der Waals surface area contributed by atoms with E-state index in [1.165, 1.54) is 0 Å². The molecule has 0 fully saturated rings. The van der Waals surface area contributed by atoms with Crippen molar-refractivity contribution in [3.05, 3.63) is 36.9 Å². The molecular weight excluding hydrogens is 240 g/mol. The number of nitrogens with zero attached hydrogens (tertiary/aromatic N) is 4. The number of rotatable bonds is 4. The summed E-state index contributed by atoms with van der Waals surface area (Å²) in [5, 5.41) is 1.55. The summed E-state index contributed by atoms with van der Waals surface area (Å²) >= 11 is 3.20. The van der Waals surface area contributed by atoms with Crippen LogP contribution in [-0.4, -0.2) is 24.5 Å². The van der Waals surface area contributed by atoms with Crippen molar-refractivity contribution < 1.29 is 0 Å². The van der Waals surface area contributed by atoms with E-state index in [1.54, 1.807) is 48.3 Å². The summed E-state index contributed by atoms with van der Waals surface area (Å²) in [6.45, 7) is 2.09. The van der Waals surface area contributed by atoms with E-state index in [0.717, 1.165) is 10.3 Å². The predicted molar refractivity (Wildman–Crippen MR) is 65.2 cm³/mol. The van der Waals surface area contributed by atoms with Crippen LogP contribution in [0.25, 0.3) is 0 Å². The molecule has 16 heavy (non-hydrogen) atoms. The van der Waals surface area contributed by atoms with Crippen LogP contribution in [0.5, 0.6) is 0 Å². The zero-order chi connectivity index (χ0) is 11.2. The molecule has 0 aliphatic carbocycles. The van der Waals surface area contributed by atoms with Gasteiger partial charge in [0.25, 0.3) is 0 Å². The molecule has 6 heteroatoms. The SMILES string of the molecule is CC(Sc1ncccn1)Sc1ncccn1. The van der Waals surface area contributed by atoms with Gasteiger partial charge in [-0.05, 0) is 19.1 Å². The van der Waals surface area contributed by atoms with Gasteiger partial charge >= 0.3 is 0 Å². The van der Waals surface area contributed by atoms with E-state index >= 15 is 0 Å². The highest BCUT2D eigenvalue weighted by atomic mass is 32.2. The monoisotopic (exact) mass is 250 g/mol. The highest BCUT2D eigenvalue weighted by Gasteiger charge is 2.09. The summed E-state index contributed by atoms with van der Waals surface area (Å²) in [5.74, 6) is 0. The maximum Gasteiger partial charge on any atom is 0.188 e. The van der Waals surface area contributed by atoms with Crippen LogP contribution in [0.4, 0.5) is 0 Å². The summed E-state index contributed by atoms with van der Waals surface area (Å²) in [6.07, 6.45) is 6.97. The van der Waals surface area contributed by atoms with Crippen molar-refractivity contribution in [3.63, 3.8) is 0 Å². The lowest BCUT2D eigenvalue weighted by atomic mass is 10.7. The van der Waals surface area contributed by atoms with Gasteiger partial charge in [-0.1, -0.05) is 23.5 Å². The van der Waals surface area contributed by atoms with Crippen LogP contribution in [0.15, 0.2) is 47.2 Å². The fraction of sp³-hybridized carbons (Fsp3) is 0.200. The second-order valence-electron chi connectivity index (χ2n) is 2.87. The summed E-state index contributed by atoms with van der Waals surface area (Å²) in [4.78, 5) is 16.6. The first-order valence-electron chi connectivity index (χ1n) is 4.72. The minimum atomic E-state index is 0.282. The van der Waals surface area contributed by atoms with Crippen LogP contribution in [0.2, 0.25) is 0 Å². The molecule has 2 aromatic heterocycles. The lowest BCUT2D eigenvalue weighted by Gasteiger charge is -2.07. The van der Waals surface area contributed by atoms with E-state index < -0.39 is 0 Å². The third kappa shape index (κ3) is 3.46. The van der Waals surface area contributed by atoms with Crippen LogP contribution in [0.1, 0.15) is 6.92 Å². The van der Waals surface area contributed by atoms with Crippen LogP contribution < -0.4 is 0 Å². The Labute approximate surface area is 102 Å². The fourth-order valence-electron chi connectivity index (χ4n) is 1.01. The molecule has 2 aromatic rings. The maximum absolute atomic E-state index is 4.16. The lowest BCUT2D eigenvalue weighted by Crippen LogP contribution is -1.94. The molecule has 0 amide bonds. The molecule has 0 saturated carbocycles. The van der Waals surface area contributed by atoms with Gasteiger partial charge in [0.2, 0.25) is 0 Å². The summed E-state index contributed by atoms with van der Waals surface area (Å²) < 4.78 is 0.282. The second kappa shape index (κ2) is 5.81. The van der Waals surface area contributed by atoms with Crippen molar-refractivity contribution in [2.24, 2.45) is 0 Å². The third-order valence-corrected chi connectivity index (χ3v) is 3.71. The Hall–Kier alpha value is -1.14. The molecule has 0 N–H and O–H groups in total. The smallest absolute Gasteiger partial charge is 0.188 e. The summed E-state index contributed by atoms with van der Waals surface area (Å²) in [7, 11) is 0. The molecule has 0 spiro atoms. The summed E-state index contributed by atoms with van der Waals surface area (Å²) in [5.41, 5.74) is 0. The van der Waals surface area contributed by atoms with Gasteiger partial charge in [0.1, 0.15) is 0 Å². The molecule has 0 saturated heterocycles. The number of hydrogen-bond donors (Lipinski definition) is 0. The van der Waals surface area contributed by atoms with Gasteiger partial charge in [-0.15, -0.1) is 0 Å². The fourth-order valence-corrected chi connectivity index (χ4v) is 2.80. The highest BCUT2D eigenvalue weighted by Crippen LogP contribution is 2.30.